The van der Waals surface area contributed by atoms with E-state index in [9.17, 15) is 4.39 Å². The topological polar surface area (TPSA) is 37.8 Å². The highest BCUT2D eigenvalue weighted by Crippen LogP contribution is 2.29. The van der Waals surface area contributed by atoms with Crippen LogP contribution in [0.2, 0.25) is 0 Å². The fourth-order valence-electron chi connectivity index (χ4n) is 2.01. The summed E-state index contributed by atoms with van der Waals surface area (Å²) in [6, 6.07) is 4.68. The summed E-state index contributed by atoms with van der Waals surface area (Å²) >= 11 is 2.26. The Morgan fingerprint density at radius 2 is 1.95 bits per heavy atom. The van der Waals surface area contributed by atoms with Crippen LogP contribution in [-0.2, 0) is 0 Å². The molecule has 0 spiro atoms. The fourth-order valence-corrected chi connectivity index (χ4v) is 3.14. The number of nitrogens with zero attached hydrogens (tertiary/aromatic N) is 2. The van der Waals surface area contributed by atoms with Crippen molar-refractivity contribution in [2.45, 2.75) is 26.7 Å². The van der Waals surface area contributed by atoms with E-state index >= 15 is 0 Å². The summed E-state index contributed by atoms with van der Waals surface area (Å²) < 4.78 is 14.3. The van der Waals surface area contributed by atoms with E-state index in [1.54, 1.807) is 6.07 Å². The molecule has 1 heterocycles. The van der Waals surface area contributed by atoms with Gasteiger partial charge in [0.15, 0.2) is 5.82 Å². The van der Waals surface area contributed by atoms with E-state index in [1.807, 2.05) is 14.0 Å². The molecule has 0 unspecified atom stereocenters. The van der Waals surface area contributed by atoms with Gasteiger partial charge in [0, 0.05) is 12.6 Å². The van der Waals surface area contributed by atoms with Crippen LogP contribution in [0.1, 0.15) is 31.0 Å². The molecule has 0 amide bonds. The lowest BCUT2D eigenvalue weighted by molar-refractivity contribution is 0.627. The molecule has 1 aromatic heterocycles. The average Bonchev–Trinajstić information content (AvgIpc) is 2.39. The second-order valence-corrected chi connectivity index (χ2v) is 6.04. The van der Waals surface area contributed by atoms with E-state index in [0.717, 1.165) is 26.2 Å². The number of aromatic nitrogens is 2. The van der Waals surface area contributed by atoms with Crippen LogP contribution in [-0.4, -0.2) is 17.0 Å². The minimum atomic E-state index is -0.241. The van der Waals surface area contributed by atoms with Crippen molar-refractivity contribution in [2.75, 3.05) is 12.4 Å². The first-order chi connectivity index (χ1) is 9.43. The quantitative estimate of drug-likeness (QED) is 0.798. The fraction of sp³-hybridized carbons (Fsp3) is 0.333. The average molecular weight is 385 g/mol. The van der Waals surface area contributed by atoms with Gasteiger partial charge in [0.1, 0.15) is 11.6 Å². The lowest BCUT2D eigenvalue weighted by Gasteiger charge is -2.14. The molecule has 1 aromatic carbocycles. The van der Waals surface area contributed by atoms with Crippen molar-refractivity contribution in [2.24, 2.45) is 0 Å². The molecule has 0 fully saturated rings. The van der Waals surface area contributed by atoms with Crippen LogP contribution in [0.15, 0.2) is 18.2 Å². The van der Waals surface area contributed by atoms with Gasteiger partial charge in [0.2, 0.25) is 0 Å². The number of hydrogen-bond acceptors (Lipinski definition) is 3. The highest BCUT2D eigenvalue weighted by atomic mass is 127. The molecule has 2 aromatic rings. The maximum absolute atomic E-state index is 13.2. The number of nitrogens with one attached hydrogen (secondary N) is 1. The molecule has 20 heavy (non-hydrogen) atoms. The van der Waals surface area contributed by atoms with Gasteiger partial charge in [-0.15, -0.1) is 0 Å². The Kier molecular flexibility index (Phi) is 4.57. The van der Waals surface area contributed by atoms with Crippen molar-refractivity contribution in [3.63, 3.8) is 0 Å². The summed E-state index contributed by atoms with van der Waals surface area (Å²) in [5.74, 6) is 1.50. The van der Waals surface area contributed by atoms with Gasteiger partial charge in [-0.25, -0.2) is 14.4 Å². The number of halogens is 2. The number of anilines is 1. The first-order valence-corrected chi connectivity index (χ1v) is 7.53. The molecule has 0 bridgehead atoms. The molecule has 0 aliphatic heterocycles. The van der Waals surface area contributed by atoms with Crippen LogP contribution in [0, 0.1) is 16.3 Å². The Morgan fingerprint density at radius 3 is 2.50 bits per heavy atom. The van der Waals surface area contributed by atoms with E-state index in [0.29, 0.717) is 11.7 Å². The predicted octanol–water partition coefficient (Wildman–Crippen LogP) is 4.36. The summed E-state index contributed by atoms with van der Waals surface area (Å²) in [5, 5.41) is 3.10. The van der Waals surface area contributed by atoms with Gasteiger partial charge in [-0.3, -0.25) is 0 Å². The van der Waals surface area contributed by atoms with Crippen LogP contribution < -0.4 is 5.32 Å². The zero-order chi connectivity index (χ0) is 14.9. The number of rotatable bonds is 3. The van der Waals surface area contributed by atoms with E-state index < -0.39 is 0 Å². The minimum absolute atomic E-state index is 0.241. The Hall–Kier alpha value is -1.24. The molecule has 5 heteroatoms. The number of hydrogen-bond donors (Lipinski definition) is 1. The Balaban J connectivity index is 2.65. The third kappa shape index (κ3) is 2.92. The molecule has 0 aliphatic rings. The molecular formula is C15H17FIN3. The Bertz CT molecular complexity index is 641. The monoisotopic (exact) mass is 385 g/mol. The summed E-state index contributed by atoms with van der Waals surface area (Å²) in [6.07, 6.45) is 0. The molecule has 0 radical (unpaired) electrons. The largest absolute Gasteiger partial charge is 0.372 e. The lowest BCUT2D eigenvalue weighted by Crippen LogP contribution is -2.07. The Morgan fingerprint density at radius 1 is 1.25 bits per heavy atom. The third-order valence-electron chi connectivity index (χ3n) is 3.09. The first-order valence-electron chi connectivity index (χ1n) is 6.45. The highest BCUT2D eigenvalue weighted by molar-refractivity contribution is 14.1. The normalized spacial score (nSPS) is 10.9. The first kappa shape index (κ1) is 15.2. The lowest BCUT2D eigenvalue weighted by atomic mass is 10.1. The van der Waals surface area contributed by atoms with E-state index in [1.165, 1.54) is 12.1 Å². The predicted molar refractivity (Wildman–Crippen MR) is 88.5 cm³/mol. The van der Waals surface area contributed by atoms with Gasteiger partial charge in [-0.1, -0.05) is 13.8 Å². The van der Waals surface area contributed by atoms with Crippen molar-refractivity contribution >= 4 is 28.4 Å². The molecule has 0 saturated carbocycles. The summed E-state index contributed by atoms with van der Waals surface area (Å²) in [6.45, 7) is 6.07. The SMILES string of the molecule is CNc1nc(-c2ccc(F)cc2C)nc(C(C)C)c1I. The van der Waals surface area contributed by atoms with Gasteiger partial charge in [-0.05, 0) is 59.2 Å². The molecule has 1 N–H and O–H groups in total. The van der Waals surface area contributed by atoms with Crippen molar-refractivity contribution in [1.82, 2.24) is 9.97 Å². The van der Waals surface area contributed by atoms with Gasteiger partial charge in [-0.2, -0.15) is 0 Å². The van der Waals surface area contributed by atoms with E-state index in [2.05, 4.69) is 51.7 Å². The molecule has 106 valence electrons. The van der Waals surface area contributed by atoms with Crippen LogP contribution in [0.25, 0.3) is 11.4 Å². The van der Waals surface area contributed by atoms with Crippen molar-refractivity contribution in [3.8, 4) is 11.4 Å². The highest BCUT2D eigenvalue weighted by Gasteiger charge is 2.16. The molecule has 2 rings (SSSR count). The van der Waals surface area contributed by atoms with Gasteiger partial charge >= 0.3 is 0 Å². The zero-order valence-electron chi connectivity index (χ0n) is 12.0. The third-order valence-corrected chi connectivity index (χ3v) is 4.15. The van der Waals surface area contributed by atoms with Gasteiger partial charge in [0.25, 0.3) is 0 Å². The van der Waals surface area contributed by atoms with E-state index in [4.69, 9.17) is 0 Å². The van der Waals surface area contributed by atoms with Crippen LogP contribution in [0.5, 0.6) is 0 Å². The van der Waals surface area contributed by atoms with E-state index in [-0.39, 0.29) is 5.82 Å². The summed E-state index contributed by atoms with van der Waals surface area (Å²) in [7, 11) is 1.84. The van der Waals surface area contributed by atoms with Crippen molar-refractivity contribution < 1.29 is 4.39 Å². The molecular weight excluding hydrogens is 368 g/mol. The Labute approximate surface area is 132 Å². The molecule has 0 atom stereocenters. The number of benzene rings is 1. The van der Waals surface area contributed by atoms with Crippen LogP contribution in [0.4, 0.5) is 10.2 Å². The molecule has 3 nitrogen and oxygen atoms in total. The summed E-state index contributed by atoms with van der Waals surface area (Å²) in [4.78, 5) is 9.20. The van der Waals surface area contributed by atoms with Crippen LogP contribution in [0.3, 0.4) is 0 Å². The van der Waals surface area contributed by atoms with Crippen LogP contribution >= 0.6 is 22.6 Å². The summed E-state index contributed by atoms with van der Waals surface area (Å²) in [5.41, 5.74) is 2.70. The van der Waals surface area contributed by atoms with Gasteiger partial charge < -0.3 is 5.32 Å². The maximum atomic E-state index is 13.2. The van der Waals surface area contributed by atoms with Crippen molar-refractivity contribution in [3.05, 3.63) is 38.8 Å². The smallest absolute Gasteiger partial charge is 0.162 e. The second-order valence-electron chi connectivity index (χ2n) is 4.96. The van der Waals surface area contributed by atoms with Gasteiger partial charge in [0.05, 0.1) is 9.26 Å². The standard InChI is InChI=1S/C15H17FIN3/c1-8(2)13-12(17)15(18-4)20-14(19-13)11-6-5-10(16)7-9(11)3/h5-8H,1-4H3,(H,18,19,20). The molecule has 0 saturated heterocycles. The number of aryl methyl sites for hydroxylation is 1. The minimum Gasteiger partial charge on any atom is -0.372 e. The molecule has 0 aliphatic carbocycles. The maximum Gasteiger partial charge on any atom is 0.162 e. The second kappa shape index (κ2) is 6.03. The zero-order valence-corrected chi connectivity index (χ0v) is 14.1. The van der Waals surface area contributed by atoms with Crippen molar-refractivity contribution in [1.29, 1.82) is 0 Å².